The molecule has 0 aliphatic heterocycles. The summed E-state index contributed by atoms with van der Waals surface area (Å²) in [5, 5.41) is 4.35. The van der Waals surface area contributed by atoms with Gasteiger partial charge in [-0.25, -0.2) is 4.98 Å². The highest BCUT2D eigenvalue weighted by Gasteiger charge is 2.42. The highest BCUT2D eigenvalue weighted by Crippen LogP contribution is 2.41. The van der Waals surface area contributed by atoms with E-state index in [4.69, 9.17) is 21.1 Å². The molecule has 4 rings (SSSR count). The zero-order valence-corrected chi connectivity index (χ0v) is 14.0. The summed E-state index contributed by atoms with van der Waals surface area (Å²) in [6.07, 6.45) is 0.831. The largest absolute Gasteiger partial charge is 0.487 e. The molecule has 6 heteroatoms. The van der Waals surface area contributed by atoms with Gasteiger partial charge in [0.05, 0.1) is 25.3 Å². The molecule has 0 amide bonds. The first-order valence-electron chi connectivity index (χ1n) is 6.78. The summed E-state index contributed by atoms with van der Waals surface area (Å²) in [6.45, 7) is 2.04. The van der Waals surface area contributed by atoms with E-state index in [1.54, 1.807) is 29.8 Å². The number of methoxy groups -OCH3 is 1. The normalized spacial score (nSPS) is 25.4. The standard InChI is InChI=1S/C15H14ClNO2S2/c1-7-17-13-12(21-7)6-10(8-3-4-20-15(8)13)19-11-5-9(16)14(11)18-2/h3-4,6,9,11,14H,5H2,1-2H3. The molecule has 1 aliphatic carbocycles. The summed E-state index contributed by atoms with van der Waals surface area (Å²) in [5.41, 5.74) is 1.09. The predicted molar refractivity (Wildman–Crippen MR) is 89.2 cm³/mol. The van der Waals surface area contributed by atoms with Crippen LogP contribution >= 0.6 is 34.3 Å². The number of aryl methyl sites for hydroxylation is 1. The summed E-state index contributed by atoms with van der Waals surface area (Å²) >= 11 is 9.57. The van der Waals surface area contributed by atoms with Gasteiger partial charge < -0.3 is 9.47 Å². The Morgan fingerprint density at radius 2 is 2.29 bits per heavy atom. The lowest BCUT2D eigenvalue weighted by atomic mass is 9.91. The van der Waals surface area contributed by atoms with Crippen LogP contribution in [-0.2, 0) is 4.74 Å². The molecule has 0 radical (unpaired) electrons. The Labute approximate surface area is 135 Å². The second-order valence-corrected chi connectivity index (χ2v) is 7.94. The van der Waals surface area contributed by atoms with Gasteiger partial charge in [-0.15, -0.1) is 34.3 Å². The minimum atomic E-state index is -0.0285. The highest BCUT2D eigenvalue weighted by molar-refractivity contribution is 7.21. The van der Waals surface area contributed by atoms with Crippen molar-refractivity contribution in [1.29, 1.82) is 0 Å². The molecule has 1 aromatic carbocycles. The number of halogens is 1. The molecule has 1 saturated carbocycles. The third-order valence-corrected chi connectivity index (χ3v) is 6.16. The van der Waals surface area contributed by atoms with E-state index in [-0.39, 0.29) is 17.6 Å². The molecule has 21 heavy (non-hydrogen) atoms. The Hall–Kier alpha value is -0.880. The number of fused-ring (bicyclic) bond motifs is 3. The third-order valence-electron chi connectivity index (χ3n) is 3.90. The molecule has 3 nitrogen and oxygen atoms in total. The summed E-state index contributed by atoms with van der Waals surface area (Å²) in [6, 6.07) is 4.20. The maximum absolute atomic E-state index is 6.19. The minimum absolute atomic E-state index is 0.0285. The van der Waals surface area contributed by atoms with Gasteiger partial charge in [0.1, 0.15) is 18.0 Å². The van der Waals surface area contributed by atoms with E-state index >= 15 is 0 Å². The first-order chi connectivity index (χ1) is 10.2. The van der Waals surface area contributed by atoms with Gasteiger partial charge in [-0.2, -0.15) is 0 Å². The van der Waals surface area contributed by atoms with Crippen LogP contribution in [0.25, 0.3) is 20.3 Å². The molecule has 1 aliphatic rings. The number of thiazole rings is 1. The zero-order valence-electron chi connectivity index (χ0n) is 11.6. The molecular formula is C15H14ClNO2S2. The van der Waals surface area contributed by atoms with E-state index in [0.717, 1.165) is 28.1 Å². The Balaban J connectivity index is 1.78. The van der Waals surface area contributed by atoms with Gasteiger partial charge in [-0.3, -0.25) is 0 Å². The van der Waals surface area contributed by atoms with Crippen LogP contribution in [-0.4, -0.2) is 29.7 Å². The first-order valence-corrected chi connectivity index (χ1v) is 8.91. The van der Waals surface area contributed by atoms with Crippen molar-refractivity contribution in [2.75, 3.05) is 7.11 Å². The van der Waals surface area contributed by atoms with E-state index in [0.29, 0.717) is 0 Å². The lowest BCUT2D eigenvalue weighted by molar-refractivity contribution is -0.0577. The molecule has 3 atom stereocenters. The Kier molecular flexibility index (Phi) is 3.34. The number of ether oxygens (including phenoxy) is 2. The van der Waals surface area contributed by atoms with E-state index in [9.17, 15) is 0 Å². The fraction of sp³-hybridized carbons (Fsp3) is 0.400. The number of hydrogen-bond donors (Lipinski definition) is 0. The zero-order chi connectivity index (χ0) is 14.6. The van der Waals surface area contributed by atoms with Gasteiger partial charge in [-0.05, 0) is 18.4 Å². The third kappa shape index (κ3) is 2.14. The molecule has 1 fully saturated rings. The molecular weight excluding hydrogens is 326 g/mol. The van der Waals surface area contributed by atoms with E-state index < -0.39 is 0 Å². The van der Waals surface area contributed by atoms with Crippen LogP contribution in [0.4, 0.5) is 0 Å². The van der Waals surface area contributed by atoms with Crippen molar-refractivity contribution in [3.05, 3.63) is 22.5 Å². The maximum Gasteiger partial charge on any atom is 0.130 e. The number of alkyl halides is 1. The fourth-order valence-electron chi connectivity index (χ4n) is 2.79. The lowest BCUT2D eigenvalue weighted by Gasteiger charge is -2.39. The molecule has 2 aromatic heterocycles. The molecule has 0 spiro atoms. The summed E-state index contributed by atoms with van der Waals surface area (Å²) in [7, 11) is 1.69. The van der Waals surface area contributed by atoms with Crippen LogP contribution in [0, 0.1) is 6.92 Å². The average Bonchev–Trinajstić information content (AvgIpc) is 3.03. The molecule has 3 aromatic rings. The van der Waals surface area contributed by atoms with Crippen molar-refractivity contribution >= 4 is 54.6 Å². The van der Waals surface area contributed by atoms with E-state index in [1.165, 1.54) is 9.40 Å². The summed E-state index contributed by atoms with van der Waals surface area (Å²) in [4.78, 5) is 4.64. The number of aromatic nitrogens is 1. The van der Waals surface area contributed by atoms with Crippen molar-refractivity contribution < 1.29 is 9.47 Å². The minimum Gasteiger partial charge on any atom is -0.487 e. The fourth-order valence-corrected chi connectivity index (χ4v) is 5.06. The Morgan fingerprint density at radius 1 is 1.43 bits per heavy atom. The van der Waals surface area contributed by atoms with Crippen LogP contribution in [0.2, 0.25) is 0 Å². The van der Waals surface area contributed by atoms with Crippen LogP contribution in [0.1, 0.15) is 11.4 Å². The van der Waals surface area contributed by atoms with Crippen molar-refractivity contribution in [3.8, 4) is 5.75 Å². The number of thiophene rings is 1. The van der Waals surface area contributed by atoms with Crippen molar-refractivity contribution in [2.24, 2.45) is 0 Å². The molecule has 3 unspecified atom stereocenters. The topological polar surface area (TPSA) is 31.4 Å². The monoisotopic (exact) mass is 339 g/mol. The van der Waals surface area contributed by atoms with E-state index in [2.05, 4.69) is 22.5 Å². The SMILES string of the molecule is COC1C(Cl)CC1Oc1cc2sc(C)nc2c2sccc12. The maximum atomic E-state index is 6.19. The lowest BCUT2D eigenvalue weighted by Crippen LogP contribution is -2.52. The van der Waals surface area contributed by atoms with Gasteiger partial charge in [0.2, 0.25) is 0 Å². The average molecular weight is 340 g/mol. The second-order valence-electron chi connectivity index (χ2n) is 5.23. The number of nitrogens with zero attached hydrogens (tertiary/aromatic N) is 1. The highest BCUT2D eigenvalue weighted by atomic mass is 35.5. The first kappa shape index (κ1) is 13.8. The molecule has 0 bridgehead atoms. The van der Waals surface area contributed by atoms with Gasteiger partial charge in [-0.1, -0.05) is 0 Å². The molecule has 0 N–H and O–H groups in total. The van der Waals surface area contributed by atoms with Crippen molar-refractivity contribution in [1.82, 2.24) is 4.98 Å². The van der Waals surface area contributed by atoms with Gasteiger partial charge in [0.15, 0.2) is 0 Å². The number of rotatable bonds is 3. The van der Waals surface area contributed by atoms with Gasteiger partial charge in [0, 0.05) is 25.0 Å². The van der Waals surface area contributed by atoms with Crippen LogP contribution in [0.3, 0.4) is 0 Å². The van der Waals surface area contributed by atoms with E-state index in [1.807, 2.05) is 6.92 Å². The van der Waals surface area contributed by atoms with Gasteiger partial charge >= 0.3 is 0 Å². The van der Waals surface area contributed by atoms with Crippen molar-refractivity contribution in [2.45, 2.75) is 30.9 Å². The summed E-state index contributed by atoms with van der Waals surface area (Å²) in [5.74, 6) is 0.915. The molecule has 0 saturated heterocycles. The van der Waals surface area contributed by atoms with Crippen LogP contribution in [0.15, 0.2) is 17.5 Å². The smallest absolute Gasteiger partial charge is 0.130 e. The quantitative estimate of drug-likeness (QED) is 0.654. The van der Waals surface area contributed by atoms with Gasteiger partial charge in [0.25, 0.3) is 0 Å². The summed E-state index contributed by atoms with van der Waals surface area (Å²) < 4.78 is 14.0. The Morgan fingerprint density at radius 3 is 3.05 bits per heavy atom. The van der Waals surface area contributed by atoms with Crippen LogP contribution in [0.5, 0.6) is 5.75 Å². The molecule has 110 valence electrons. The molecule has 2 heterocycles. The Bertz CT molecular complexity index is 813. The van der Waals surface area contributed by atoms with Crippen LogP contribution < -0.4 is 4.74 Å². The number of hydrogen-bond acceptors (Lipinski definition) is 5. The number of benzene rings is 1. The van der Waals surface area contributed by atoms with Crippen molar-refractivity contribution in [3.63, 3.8) is 0 Å². The predicted octanol–water partition coefficient (Wildman–Crippen LogP) is 4.59. The second kappa shape index (κ2) is 5.09.